The second-order valence-electron chi connectivity index (χ2n) is 7.18. The molecule has 3 aliphatic rings. The molecule has 1 saturated carbocycles. The van der Waals surface area contributed by atoms with Crippen molar-refractivity contribution in [3.05, 3.63) is 34.3 Å². The molecule has 1 aliphatic carbocycles. The molecule has 0 aromatic heterocycles. The molecule has 22 heavy (non-hydrogen) atoms. The van der Waals surface area contributed by atoms with E-state index in [0.29, 0.717) is 17.7 Å². The predicted molar refractivity (Wildman–Crippen MR) is 90.7 cm³/mol. The maximum atomic E-state index is 13.4. The Morgan fingerprint density at radius 1 is 1.09 bits per heavy atom. The summed E-state index contributed by atoms with van der Waals surface area (Å²) < 4.78 is 1.08. The van der Waals surface area contributed by atoms with Gasteiger partial charge in [-0.25, -0.2) is 0 Å². The first kappa shape index (κ1) is 14.7. The van der Waals surface area contributed by atoms with Crippen molar-refractivity contribution in [1.29, 1.82) is 0 Å². The minimum Gasteiger partial charge on any atom is -0.341 e. The Morgan fingerprint density at radius 3 is 2.27 bits per heavy atom. The first-order valence-electron chi connectivity index (χ1n) is 8.45. The molecular weight excluding hydrogens is 340 g/mol. The number of carbonyl (C=O) groups is 1. The SMILES string of the molecule is O=C(N1C[C@H]2CNC[C@H]2C1)C1(c2ccc(Br)cc2)CCCC1. The van der Waals surface area contributed by atoms with E-state index in [1.165, 1.54) is 18.4 Å². The van der Waals surface area contributed by atoms with Crippen LogP contribution < -0.4 is 5.32 Å². The standard InChI is InChI=1S/C18H23BrN2O/c19-16-5-3-15(4-6-16)18(7-1-2-8-18)17(22)21-11-13-9-20-10-14(13)12-21/h3-6,13-14,20H,1-2,7-12H2/t13-,14+. The summed E-state index contributed by atoms with van der Waals surface area (Å²) in [6.07, 6.45) is 4.36. The van der Waals surface area contributed by atoms with Gasteiger partial charge in [0, 0.05) is 30.7 Å². The summed E-state index contributed by atoms with van der Waals surface area (Å²) in [4.78, 5) is 15.6. The molecule has 0 radical (unpaired) electrons. The largest absolute Gasteiger partial charge is 0.341 e. The smallest absolute Gasteiger partial charge is 0.233 e. The van der Waals surface area contributed by atoms with Crippen LogP contribution in [-0.2, 0) is 10.2 Å². The van der Waals surface area contributed by atoms with Crippen molar-refractivity contribution in [3.63, 3.8) is 0 Å². The molecule has 0 bridgehead atoms. The lowest BCUT2D eigenvalue weighted by Crippen LogP contribution is -2.45. The van der Waals surface area contributed by atoms with Crippen LogP contribution in [0.15, 0.2) is 28.7 Å². The van der Waals surface area contributed by atoms with E-state index in [2.05, 4.69) is 50.4 Å². The number of hydrogen-bond acceptors (Lipinski definition) is 2. The summed E-state index contributed by atoms with van der Waals surface area (Å²) in [5, 5.41) is 3.46. The highest BCUT2D eigenvalue weighted by molar-refractivity contribution is 9.10. The number of fused-ring (bicyclic) bond motifs is 1. The normalized spacial score (nSPS) is 29.8. The Hall–Kier alpha value is -0.870. The number of nitrogens with one attached hydrogen (secondary N) is 1. The number of hydrogen-bond donors (Lipinski definition) is 1. The number of nitrogens with zero attached hydrogens (tertiary/aromatic N) is 1. The number of halogens is 1. The van der Waals surface area contributed by atoms with Crippen molar-refractivity contribution in [2.75, 3.05) is 26.2 Å². The highest BCUT2D eigenvalue weighted by Gasteiger charge is 2.48. The minimum atomic E-state index is -0.257. The van der Waals surface area contributed by atoms with Crippen LogP contribution in [-0.4, -0.2) is 37.0 Å². The van der Waals surface area contributed by atoms with Crippen molar-refractivity contribution >= 4 is 21.8 Å². The zero-order valence-electron chi connectivity index (χ0n) is 12.9. The van der Waals surface area contributed by atoms with E-state index in [4.69, 9.17) is 0 Å². The van der Waals surface area contributed by atoms with Crippen LogP contribution in [0.5, 0.6) is 0 Å². The zero-order chi connectivity index (χ0) is 15.2. The highest BCUT2D eigenvalue weighted by Crippen LogP contribution is 2.44. The average Bonchev–Trinajstić information content (AvgIpc) is 3.23. The van der Waals surface area contributed by atoms with E-state index in [0.717, 1.165) is 43.5 Å². The summed E-state index contributed by atoms with van der Waals surface area (Å²) in [6, 6.07) is 8.44. The summed E-state index contributed by atoms with van der Waals surface area (Å²) in [7, 11) is 0. The zero-order valence-corrected chi connectivity index (χ0v) is 14.4. The van der Waals surface area contributed by atoms with E-state index >= 15 is 0 Å². The highest BCUT2D eigenvalue weighted by atomic mass is 79.9. The molecule has 1 N–H and O–H groups in total. The minimum absolute atomic E-state index is 0.257. The van der Waals surface area contributed by atoms with Crippen LogP contribution in [0.4, 0.5) is 0 Å². The lowest BCUT2D eigenvalue weighted by molar-refractivity contribution is -0.136. The summed E-state index contributed by atoms with van der Waals surface area (Å²) >= 11 is 3.51. The quantitative estimate of drug-likeness (QED) is 0.876. The van der Waals surface area contributed by atoms with Crippen molar-refractivity contribution < 1.29 is 4.79 Å². The van der Waals surface area contributed by atoms with Gasteiger partial charge in [-0.1, -0.05) is 40.9 Å². The summed E-state index contributed by atoms with van der Waals surface area (Å²) in [5.41, 5.74) is 0.959. The average molecular weight is 363 g/mol. The third-order valence-corrected chi connectivity index (χ3v) is 6.47. The number of carbonyl (C=O) groups excluding carboxylic acids is 1. The topological polar surface area (TPSA) is 32.3 Å². The number of likely N-dealkylation sites (tertiary alicyclic amines) is 1. The fourth-order valence-corrected chi connectivity index (χ4v) is 4.96. The van der Waals surface area contributed by atoms with E-state index in [-0.39, 0.29) is 5.41 Å². The van der Waals surface area contributed by atoms with Crippen molar-refractivity contribution in [1.82, 2.24) is 10.2 Å². The Balaban J connectivity index is 1.61. The van der Waals surface area contributed by atoms with Crippen molar-refractivity contribution in [3.8, 4) is 0 Å². The fraction of sp³-hybridized carbons (Fsp3) is 0.611. The van der Waals surface area contributed by atoms with E-state index in [1.54, 1.807) is 0 Å². The van der Waals surface area contributed by atoms with Crippen LogP contribution in [0.2, 0.25) is 0 Å². The van der Waals surface area contributed by atoms with Crippen LogP contribution in [0.3, 0.4) is 0 Å². The lowest BCUT2D eigenvalue weighted by Gasteiger charge is -2.33. The van der Waals surface area contributed by atoms with Gasteiger partial charge in [-0.3, -0.25) is 4.79 Å². The molecule has 0 unspecified atom stereocenters. The molecular formula is C18H23BrN2O. The van der Waals surface area contributed by atoms with Gasteiger partial charge >= 0.3 is 0 Å². The maximum absolute atomic E-state index is 13.4. The van der Waals surface area contributed by atoms with Crippen molar-refractivity contribution in [2.24, 2.45) is 11.8 Å². The molecule has 1 amide bonds. The fourth-order valence-electron chi connectivity index (χ4n) is 4.70. The second kappa shape index (κ2) is 5.64. The number of amides is 1. The molecule has 3 fully saturated rings. The molecule has 3 nitrogen and oxygen atoms in total. The van der Waals surface area contributed by atoms with Gasteiger partial charge in [0.15, 0.2) is 0 Å². The monoisotopic (exact) mass is 362 g/mol. The maximum Gasteiger partial charge on any atom is 0.233 e. The Bertz CT molecular complexity index is 553. The number of rotatable bonds is 2. The molecule has 1 aromatic rings. The first-order chi connectivity index (χ1) is 10.7. The van der Waals surface area contributed by atoms with Crippen LogP contribution in [0, 0.1) is 11.8 Å². The van der Waals surface area contributed by atoms with Crippen LogP contribution >= 0.6 is 15.9 Å². The molecule has 4 heteroatoms. The van der Waals surface area contributed by atoms with E-state index in [9.17, 15) is 4.79 Å². The van der Waals surface area contributed by atoms with Crippen LogP contribution in [0.25, 0.3) is 0 Å². The predicted octanol–water partition coefficient (Wildman–Crippen LogP) is 2.94. The molecule has 4 rings (SSSR count). The van der Waals surface area contributed by atoms with Gasteiger partial charge in [-0.2, -0.15) is 0 Å². The van der Waals surface area contributed by atoms with Crippen molar-refractivity contribution in [2.45, 2.75) is 31.1 Å². The molecule has 2 atom stereocenters. The van der Waals surface area contributed by atoms with E-state index < -0.39 is 0 Å². The Morgan fingerprint density at radius 2 is 1.68 bits per heavy atom. The molecule has 118 valence electrons. The molecule has 2 aliphatic heterocycles. The first-order valence-corrected chi connectivity index (χ1v) is 9.24. The van der Waals surface area contributed by atoms with Gasteiger partial charge in [0.05, 0.1) is 5.41 Å². The van der Waals surface area contributed by atoms with Gasteiger partial charge in [0.1, 0.15) is 0 Å². The summed E-state index contributed by atoms with van der Waals surface area (Å²) in [6.45, 7) is 4.07. The molecule has 2 heterocycles. The Kier molecular flexibility index (Phi) is 3.77. The second-order valence-corrected chi connectivity index (χ2v) is 8.10. The summed E-state index contributed by atoms with van der Waals surface area (Å²) in [5.74, 6) is 1.74. The van der Waals surface area contributed by atoms with Gasteiger partial charge in [-0.15, -0.1) is 0 Å². The molecule has 0 spiro atoms. The van der Waals surface area contributed by atoms with Crippen LogP contribution in [0.1, 0.15) is 31.2 Å². The van der Waals surface area contributed by atoms with Gasteiger partial charge < -0.3 is 10.2 Å². The van der Waals surface area contributed by atoms with Gasteiger partial charge in [0.25, 0.3) is 0 Å². The van der Waals surface area contributed by atoms with Gasteiger partial charge in [-0.05, 0) is 42.4 Å². The van der Waals surface area contributed by atoms with Gasteiger partial charge in [0.2, 0.25) is 5.91 Å². The molecule has 2 saturated heterocycles. The number of benzene rings is 1. The lowest BCUT2D eigenvalue weighted by atomic mass is 9.77. The third-order valence-electron chi connectivity index (χ3n) is 5.94. The third kappa shape index (κ3) is 2.31. The van der Waals surface area contributed by atoms with E-state index in [1.807, 2.05) is 0 Å². The Labute approximate surface area is 140 Å². The molecule has 1 aromatic carbocycles.